The van der Waals surface area contributed by atoms with E-state index in [1.807, 2.05) is 61.5 Å². The predicted molar refractivity (Wildman–Crippen MR) is 119 cm³/mol. The van der Waals surface area contributed by atoms with Crippen molar-refractivity contribution in [2.24, 2.45) is 7.05 Å². The normalized spacial score (nSPS) is 11.0. The summed E-state index contributed by atoms with van der Waals surface area (Å²) in [5.74, 6) is 0.572. The minimum Gasteiger partial charge on any atom is -0.342 e. The maximum atomic E-state index is 12.7. The van der Waals surface area contributed by atoms with E-state index in [0.717, 1.165) is 41.0 Å². The molecule has 0 aliphatic heterocycles. The van der Waals surface area contributed by atoms with Gasteiger partial charge in [0, 0.05) is 24.8 Å². The van der Waals surface area contributed by atoms with Gasteiger partial charge < -0.3 is 14.9 Å². The van der Waals surface area contributed by atoms with Crippen LogP contribution in [-0.4, -0.2) is 20.4 Å². The number of carbonyl (C=O) groups is 1. The molecule has 4 rings (SSSR count). The molecule has 0 bridgehead atoms. The fourth-order valence-corrected chi connectivity index (χ4v) is 3.59. The monoisotopic (exact) mass is 400 g/mol. The number of aromatic amines is 1. The zero-order valence-electron chi connectivity index (χ0n) is 17.3. The minimum atomic E-state index is -0.386. The molecule has 2 aromatic heterocycles. The number of hydrogen-bond donors (Lipinski definition) is 2. The first-order valence-electron chi connectivity index (χ1n) is 9.93. The Bertz CT molecular complexity index is 1250. The number of aryl methyl sites for hydroxylation is 4. The zero-order valence-corrected chi connectivity index (χ0v) is 17.3. The molecule has 0 atom stereocenters. The van der Waals surface area contributed by atoms with Crippen molar-refractivity contribution >= 4 is 22.6 Å². The number of hydrogen-bond acceptors (Lipinski definition) is 3. The first-order chi connectivity index (χ1) is 14.4. The van der Waals surface area contributed by atoms with Crippen LogP contribution in [-0.2, 0) is 19.9 Å². The summed E-state index contributed by atoms with van der Waals surface area (Å²) in [6, 6.07) is 17.5. The van der Waals surface area contributed by atoms with Gasteiger partial charge in [0.15, 0.2) is 0 Å². The average Bonchev–Trinajstić information content (AvgIpc) is 3.14. The number of carbonyl (C=O) groups excluding carboxylic acids is 1. The highest BCUT2D eigenvalue weighted by Crippen LogP contribution is 2.15. The highest BCUT2D eigenvalue weighted by Gasteiger charge is 2.16. The molecule has 2 heterocycles. The fourth-order valence-electron chi connectivity index (χ4n) is 3.59. The Morgan fingerprint density at radius 2 is 1.80 bits per heavy atom. The number of pyridine rings is 1. The molecule has 2 aromatic carbocycles. The number of rotatable bonds is 5. The molecular weight excluding hydrogens is 376 g/mol. The van der Waals surface area contributed by atoms with Crippen molar-refractivity contribution in [2.75, 3.05) is 5.32 Å². The molecular formula is C24H24N4O2. The van der Waals surface area contributed by atoms with E-state index in [0.29, 0.717) is 11.3 Å². The second-order valence-corrected chi connectivity index (χ2v) is 7.56. The van der Waals surface area contributed by atoms with Crippen LogP contribution in [0.2, 0.25) is 0 Å². The Labute approximate surface area is 174 Å². The van der Waals surface area contributed by atoms with E-state index in [-0.39, 0.29) is 17.0 Å². The van der Waals surface area contributed by atoms with Gasteiger partial charge in [0.2, 0.25) is 0 Å². The summed E-state index contributed by atoms with van der Waals surface area (Å²) in [6.45, 7) is 3.63. The summed E-state index contributed by atoms with van der Waals surface area (Å²) in [5, 5.41) is 2.83. The third kappa shape index (κ3) is 3.89. The van der Waals surface area contributed by atoms with Crippen LogP contribution in [0.25, 0.3) is 11.0 Å². The van der Waals surface area contributed by atoms with Crippen LogP contribution in [0.1, 0.15) is 33.0 Å². The average molecular weight is 400 g/mol. The van der Waals surface area contributed by atoms with E-state index in [1.165, 1.54) is 4.57 Å². The van der Waals surface area contributed by atoms with Gasteiger partial charge in [0.25, 0.3) is 11.5 Å². The third-order valence-corrected chi connectivity index (χ3v) is 5.40. The van der Waals surface area contributed by atoms with Crippen molar-refractivity contribution in [1.82, 2.24) is 14.5 Å². The molecule has 152 valence electrons. The molecule has 4 aromatic rings. The Balaban J connectivity index is 1.43. The van der Waals surface area contributed by atoms with Gasteiger partial charge >= 0.3 is 0 Å². The number of fused-ring (bicyclic) bond motifs is 1. The summed E-state index contributed by atoms with van der Waals surface area (Å²) in [5.41, 5.74) is 5.22. The number of anilines is 1. The quantitative estimate of drug-likeness (QED) is 0.533. The number of benzene rings is 2. The highest BCUT2D eigenvalue weighted by molar-refractivity contribution is 6.05. The van der Waals surface area contributed by atoms with Crippen molar-refractivity contribution < 1.29 is 4.79 Å². The molecule has 0 radical (unpaired) electrons. The van der Waals surface area contributed by atoms with Crippen LogP contribution < -0.4 is 10.9 Å². The summed E-state index contributed by atoms with van der Waals surface area (Å²) in [7, 11) is 1.67. The molecule has 0 unspecified atom stereocenters. The Hall–Kier alpha value is -3.67. The highest BCUT2D eigenvalue weighted by atomic mass is 16.2. The van der Waals surface area contributed by atoms with Gasteiger partial charge in [-0.2, -0.15) is 0 Å². The van der Waals surface area contributed by atoms with Gasteiger partial charge in [-0.3, -0.25) is 9.59 Å². The topological polar surface area (TPSA) is 79.8 Å². The predicted octanol–water partition coefficient (Wildman–Crippen LogP) is 3.92. The van der Waals surface area contributed by atoms with Gasteiger partial charge in [-0.1, -0.05) is 24.3 Å². The second kappa shape index (κ2) is 7.99. The molecule has 0 saturated carbocycles. The smallest absolute Gasteiger partial charge is 0.263 e. The van der Waals surface area contributed by atoms with E-state index in [2.05, 4.69) is 15.3 Å². The minimum absolute atomic E-state index is 0.178. The van der Waals surface area contributed by atoms with Crippen molar-refractivity contribution in [3.8, 4) is 0 Å². The Morgan fingerprint density at radius 3 is 2.53 bits per heavy atom. The van der Waals surface area contributed by atoms with E-state index >= 15 is 0 Å². The maximum Gasteiger partial charge on any atom is 0.263 e. The number of aromatic nitrogens is 3. The van der Waals surface area contributed by atoms with Gasteiger partial charge in [0.1, 0.15) is 11.4 Å². The first kappa shape index (κ1) is 19.6. The van der Waals surface area contributed by atoms with Crippen LogP contribution in [0.3, 0.4) is 0 Å². The summed E-state index contributed by atoms with van der Waals surface area (Å²) >= 11 is 0. The number of imidazole rings is 1. The standard InChI is InChI=1S/C24H24N4O2/c1-15-14-16(2)28(3)24(30)22(15)23(29)25-18-11-8-17(9-12-18)10-13-21-26-19-6-4-5-7-20(19)27-21/h4-9,11-12,14H,10,13H2,1-3H3,(H,25,29)(H,26,27). The molecule has 6 heteroatoms. The molecule has 0 spiro atoms. The zero-order chi connectivity index (χ0) is 21.3. The lowest BCUT2D eigenvalue weighted by molar-refractivity contribution is 0.102. The lowest BCUT2D eigenvalue weighted by Gasteiger charge is -2.11. The summed E-state index contributed by atoms with van der Waals surface area (Å²) in [6.07, 6.45) is 1.64. The van der Waals surface area contributed by atoms with Gasteiger partial charge in [-0.25, -0.2) is 4.98 Å². The number of nitrogens with one attached hydrogen (secondary N) is 2. The molecule has 2 N–H and O–H groups in total. The SMILES string of the molecule is Cc1cc(C)n(C)c(=O)c1C(=O)Nc1ccc(CCc2nc3ccccc3[nH]2)cc1. The van der Waals surface area contributed by atoms with Crippen LogP contribution in [0.4, 0.5) is 5.69 Å². The van der Waals surface area contributed by atoms with E-state index in [4.69, 9.17) is 0 Å². The van der Waals surface area contributed by atoms with Crippen LogP contribution in [0.15, 0.2) is 59.4 Å². The van der Waals surface area contributed by atoms with Crippen molar-refractivity contribution in [2.45, 2.75) is 26.7 Å². The van der Waals surface area contributed by atoms with Gasteiger partial charge in [-0.05, 0) is 61.7 Å². The van der Waals surface area contributed by atoms with Crippen LogP contribution in [0, 0.1) is 13.8 Å². The number of para-hydroxylation sites is 2. The van der Waals surface area contributed by atoms with Gasteiger partial charge in [0.05, 0.1) is 11.0 Å². The van der Waals surface area contributed by atoms with E-state index in [9.17, 15) is 9.59 Å². The summed E-state index contributed by atoms with van der Waals surface area (Å²) < 4.78 is 1.49. The van der Waals surface area contributed by atoms with Crippen molar-refractivity contribution in [3.05, 3.63) is 93.2 Å². The summed E-state index contributed by atoms with van der Waals surface area (Å²) in [4.78, 5) is 33.1. The molecule has 0 fully saturated rings. The molecule has 0 saturated heterocycles. The van der Waals surface area contributed by atoms with Crippen molar-refractivity contribution in [3.63, 3.8) is 0 Å². The maximum absolute atomic E-state index is 12.7. The lowest BCUT2D eigenvalue weighted by atomic mass is 10.1. The Morgan fingerprint density at radius 1 is 1.07 bits per heavy atom. The second-order valence-electron chi connectivity index (χ2n) is 7.56. The van der Waals surface area contributed by atoms with Crippen LogP contribution >= 0.6 is 0 Å². The number of nitrogens with zero attached hydrogens (tertiary/aromatic N) is 2. The largest absolute Gasteiger partial charge is 0.342 e. The number of amides is 1. The van der Waals surface area contributed by atoms with E-state index in [1.54, 1.807) is 14.0 Å². The van der Waals surface area contributed by atoms with Crippen molar-refractivity contribution in [1.29, 1.82) is 0 Å². The fraction of sp³-hybridized carbons (Fsp3) is 0.208. The third-order valence-electron chi connectivity index (χ3n) is 5.40. The van der Waals surface area contributed by atoms with E-state index < -0.39 is 0 Å². The van der Waals surface area contributed by atoms with Gasteiger partial charge in [-0.15, -0.1) is 0 Å². The molecule has 6 nitrogen and oxygen atoms in total. The molecule has 0 aliphatic carbocycles. The Kier molecular flexibility index (Phi) is 5.23. The number of H-pyrrole nitrogens is 1. The van der Waals surface area contributed by atoms with Crippen LogP contribution in [0.5, 0.6) is 0 Å². The molecule has 0 aliphatic rings. The first-order valence-corrected chi connectivity index (χ1v) is 9.93. The lowest BCUT2D eigenvalue weighted by Crippen LogP contribution is -2.30. The molecule has 30 heavy (non-hydrogen) atoms. The molecule has 1 amide bonds.